The summed E-state index contributed by atoms with van der Waals surface area (Å²) < 4.78 is 6.00. The average molecular weight is 381 g/mol. The van der Waals surface area contributed by atoms with Crippen LogP contribution in [0.5, 0.6) is 5.75 Å². The molecule has 4 nitrogen and oxygen atoms in total. The number of nitrogens with one attached hydrogen (secondary N) is 1. The second-order valence-electron chi connectivity index (χ2n) is 7.80. The van der Waals surface area contributed by atoms with Crippen LogP contribution in [0.4, 0.5) is 0 Å². The second kappa shape index (κ2) is 9.74. The molecule has 1 unspecified atom stereocenters. The van der Waals surface area contributed by atoms with Crippen molar-refractivity contribution in [2.24, 2.45) is 0 Å². The zero-order valence-electron chi connectivity index (χ0n) is 17.3. The summed E-state index contributed by atoms with van der Waals surface area (Å²) in [5, 5.41) is 3.02. The Labute approximate surface area is 168 Å². The minimum absolute atomic E-state index is 0.0652. The van der Waals surface area contributed by atoms with E-state index in [2.05, 4.69) is 40.5 Å². The van der Waals surface area contributed by atoms with Crippen LogP contribution in [0.3, 0.4) is 0 Å². The predicted molar refractivity (Wildman–Crippen MR) is 113 cm³/mol. The first-order valence-corrected chi connectivity index (χ1v) is 10.4. The average Bonchev–Trinajstić information content (AvgIpc) is 3.21. The quantitative estimate of drug-likeness (QED) is 0.739. The fraction of sp³-hybridized carbons (Fsp3) is 0.458. The van der Waals surface area contributed by atoms with Crippen LogP contribution in [0, 0.1) is 13.8 Å². The summed E-state index contributed by atoms with van der Waals surface area (Å²) in [7, 11) is 0. The Kier molecular flexibility index (Phi) is 7.10. The highest BCUT2D eigenvalue weighted by Gasteiger charge is 2.19. The maximum Gasteiger partial charge on any atom is 0.261 e. The van der Waals surface area contributed by atoms with Gasteiger partial charge in [-0.25, -0.2) is 0 Å². The van der Waals surface area contributed by atoms with Gasteiger partial charge in [0, 0.05) is 13.1 Å². The van der Waals surface area contributed by atoms with E-state index in [0.29, 0.717) is 13.0 Å². The number of carbonyl (C=O) groups excluding carboxylic acids is 1. The van der Waals surface area contributed by atoms with E-state index in [4.69, 9.17) is 4.74 Å². The first kappa shape index (κ1) is 20.4. The number of aryl methyl sites for hydroxylation is 2. The third-order valence-electron chi connectivity index (χ3n) is 5.37. The standard InChI is InChI=1S/C24H32N2O2/c1-4-22(28-23-15-18(2)7-8-19(23)3)24(27)25-16-20-9-11-21(12-10-20)17-26-13-5-6-14-26/h7-12,15,22H,4-6,13-14,16-17H2,1-3H3,(H,25,27). The molecule has 1 aliphatic rings. The third-order valence-corrected chi connectivity index (χ3v) is 5.37. The molecule has 2 aromatic rings. The van der Waals surface area contributed by atoms with Crippen molar-refractivity contribution in [3.05, 3.63) is 64.7 Å². The Balaban J connectivity index is 1.52. The molecule has 0 aliphatic carbocycles. The summed E-state index contributed by atoms with van der Waals surface area (Å²) in [6, 6.07) is 14.6. The molecule has 4 heteroatoms. The van der Waals surface area contributed by atoms with E-state index in [1.165, 1.54) is 31.5 Å². The lowest BCUT2D eigenvalue weighted by molar-refractivity contribution is -0.128. The molecule has 1 N–H and O–H groups in total. The Morgan fingerprint density at radius 1 is 1.07 bits per heavy atom. The number of benzene rings is 2. The van der Waals surface area contributed by atoms with E-state index in [0.717, 1.165) is 29.0 Å². The van der Waals surface area contributed by atoms with Gasteiger partial charge in [-0.2, -0.15) is 0 Å². The molecule has 1 saturated heterocycles. The summed E-state index contributed by atoms with van der Waals surface area (Å²) in [6.45, 7) is 9.96. The van der Waals surface area contributed by atoms with Crippen molar-refractivity contribution in [3.63, 3.8) is 0 Å². The van der Waals surface area contributed by atoms with Gasteiger partial charge in [0.05, 0.1) is 0 Å². The Morgan fingerprint density at radius 3 is 2.43 bits per heavy atom. The van der Waals surface area contributed by atoms with Crippen LogP contribution in [0.1, 0.15) is 48.4 Å². The van der Waals surface area contributed by atoms with Gasteiger partial charge in [-0.05, 0) is 74.5 Å². The molecule has 2 aromatic carbocycles. The molecule has 0 saturated carbocycles. The number of rotatable bonds is 8. The summed E-state index contributed by atoms with van der Waals surface area (Å²) in [6.07, 6.45) is 2.78. The molecule has 150 valence electrons. The van der Waals surface area contributed by atoms with E-state index in [1.54, 1.807) is 0 Å². The van der Waals surface area contributed by atoms with Gasteiger partial charge < -0.3 is 10.1 Å². The molecular weight excluding hydrogens is 348 g/mol. The van der Waals surface area contributed by atoms with Crippen molar-refractivity contribution in [2.75, 3.05) is 13.1 Å². The molecular formula is C24H32N2O2. The Morgan fingerprint density at radius 2 is 1.75 bits per heavy atom. The zero-order valence-corrected chi connectivity index (χ0v) is 17.3. The molecule has 1 fully saturated rings. The molecule has 1 atom stereocenters. The molecule has 1 aliphatic heterocycles. The predicted octanol–water partition coefficient (Wildman–Crippen LogP) is 4.37. The van der Waals surface area contributed by atoms with Crippen molar-refractivity contribution >= 4 is 5.91 Å². The van der Waals surface area contributed by atoms with Gasteiger partial charge in [0.25, 0.3) is 5.91 Å². The van der Waals surface area contributed by atoms with Gasteiger partial charge in [0.15, 0.2) is 6.10 Å². The molecule has 0 bridgehead atoms. The maximum absolute atomic E-state index is 12.6. The molecule has 1 heterocycles. The number of amides is 1. The van der Waals surface area contributed by atoms with E-state index in [9.17, 15) is 4.79 Å². The normalized spacial score (nSPS) is 15.4. The number of carbonyl (C=O) groups is 1. The van der Waals surface area contributed by atoms with Crippen LogP contribution in [0.25, 0.3) is 0 Å². The highest BCUT2D eigenvalue weighted by atomic mass is 16.5. The van der Waals surface area contributed by atoms with E-state index in [-0.39, 0.29) is 5.91 Å². The van der Waals surface area contributed by atoms with Gasteiger partial charge in [-0.1, -0.05) is 43.3 Å². The molecule has 0 spiro atoms. The van der Waals surface area contributed by atoms with Crippen LogP contribution in [0.2, 0.25) is 0 Å². The first-order chi connectivity index (χ1) is 13.5. The molecule has 0 aromatic heterocycles. The van der Waals surface area contributed by atoms with Gasteiger partial charge in [-0.3, -0.25) is 9.69 Å². The number of ether oxygens (including phenoxy) is 1. The number of likely N-dealkylation sites (tertiary alicyclic amines) is 1. The summed E-state index contributed by atoms with van der Waals surface area (Å²) >= 11 is 0. The highest BCUT2D eigenvalue weighted by molar-refractivity contribution is 5.81. The number of nitrogens with zero attached hydrogens (tertiary/aromatic N) is 1. The molecule has 0 radical (unpaired) electrons. The zero-order chi connectivity index (χ0) is 19.9. The van der Waals surface area contributed by atoms with Gasteiger partial charge in [0.1, 0.15) is 5.75 Å². The highest BCUT2D eigenvalue weighted by Crippen LogP contribution is 2.21. The monoisotopic (exact) mass is 380 g/mol. The topological polar surface area (TPSA) is 41.6 Å². The van der Waals surface area contributed by atoms with Crippen molar-refractivity contribution in [2.45, 2.75) is 59.2 Å². The number of hydrogen-bond acceptors (Lipinski definition) is 3. The van der Waals surface area contributed by atoms with Gasteiger partial charge in [0.2, 0.25) is 0 Å². The second-order valence-corrected chi connectivity index (χ2v) is 7.80. The van der Waals surface area contributed by atoms with Crippen LogP contribution in [0.15, 0.2) is 42.5 Å². The molecule has 1 amide bonds. The fourth-order valence-electron chi connectivity index (χ4n) is 3.57. The van der Waals surface area contributed by atoms with E-state index in [1.807, 2.05) is 32.9 Å². The SMILES string of the molecule is CCC(Oc1cc(C)ccc1C)C(=O)NCc1ccc(CN2CCCC2)cc1. The third kappa shape index (κ3) is 5.59. The smallest absolute Gasteiger partial charge is 0.261 e. The van der Waals surface area contributed by atoms with E-state index >= 15 is 0 Å². The minimum atomic E-state index is -0.477. The lowest BCUT2D eigenvalue weighted by Crippen LogP contribution is -2.37. The fourth-order valence-corrected chi connectivity index (χ4v) is 3.57. The first-order valence-electron chi connectivity index (χ1n) is 10.4. The minimum Gasteiger partial charge on any atom is -0.480 e. The maximum atomic E-state index is 12.6. The van der Waals surface area contributed by atoms with Crippen LogP contribution in [-0.4, -0.2) is 30.0 Å². The summed E-state index contributed by atoms with van der Waals surface area (Å²) in [5.74, 6) is 0.720. The van der Waals surface area contributed by atoms with Crippen molar-refractivity contribution in [1.29, 1.82) is 0 Å². The molecule has 28 heavy (non-hydrogen) atoms. The largest absolute Gasteiger partial charge is 0.480 e. The van der Waals surface area contributed by atoms with Crippen LogP contribution < -0.4 is 10.1 Å². The summed E-state index contributed by atoms with van der Waals surface area (Å²) in [5.41, 5.74) is 4.62. The lowest BCUT2D eigenvalue weighted by Gasteiger charge is -2.19. The van der Waals surface area contributed by atoms with Gasteiger partial charge in [-0.15, -0.1) is 0 Å². The Bertz CT molecular complexity index is 780. The van der Waals surface area contributed by atoms with E-state index < -0.39 is 6.10 Å². The van der Waals surface area contributed by atoms with Crippen LogP contribution in [-0.2, 0) is 17.9 Å². The van der Waals surface area contributed by atoms with Crippen molar-refractivity contribution in [1.82, 2.24) is 10.2 Å². The van der Waals surface area contributed by atoms with Crippen molar-refractivity contribution in [3.8, 4) is 5.75 Å². The van der Waals surface area contributed by atoms with Crippen molar-refractivity contribution < 1.29 is 9.53 Å². The lowest BCUT2D eigenvalue weighted by atomic mass is 10.1. The molecule has 3 rings (SSSR count). The summed E-state index contributed by atoms with van der Waals surface area (Å²) in [4.78, 5) is 15.1. The number of hydrogen-bond donors (Lipinski definition) is 1. The Hall–Kier alpha value is -2.33. The van der Waals surface area contributed by atoms with Crippen LogP contribution >= 0.6 is 0 Å². The van der Waals surface area contributed by atoms with Gasteiger partial charge >= 0.3 is 0 Å².